The third-order valence-electron chi connectivity index (χ3n) is 2.12. The molecule has 1 atom stereocenters. The molecule has 1 rings (SSSR count). The van der Waals surface area contributed by atoms with Crippen molar-refractivity contribution in [3.8, 4) is 0 Å². The summed E-state index contributed by atoms with van der Waals surface area (Å²) in [6, 6.07) is 2.74. The lowest BCUT2D eigenvalue weighted by Gasteiger charge is -2.13. The van der Waals surface area contributed by atoms with Gasteiger partial charge in [0, 0.05) is 19.3 Å². The van der Waals surface area contributed by atoms with Crippen molar-refractivity contribution in [3.63, 3.8) is 0 Å². The van der Waals surface area contributed by atoms with Gasteiger partial charge in [-0.05, 0) is 19.1 Å². The summed E-state index contributed by atoms with van der Waals surface area (Å²) < 4.78 is 18.3. The highest BCUT2D eigenvalue weighted by molar-refractivity contribution is 5.67. The van der Waals surface area contributed by atoms with E-state index in [9.17, 15) is 9.18 Å². The molecule has 0 fully saturated rings. The summed E-state index contributed by atoms with van der Waals surface area (Å²) in [4.78, 5) is 15.2. The second kappa shape index (κ2) is 7.39. The SMILES string of the molecule is C[C@@H](OC(=O)NC/C=C/CN)c1ncccc1F. The van der Waals surface area contributed by atoms with Gasteiger partial charge in [0.2, 0.25) is 0 Å². The van der Waals surface area contributed by atoms with Crippen molar-refractivity contribution >= 4 is 6.09 Å². The third kappa shape index (κ3) is 4.50. The molecular formula is C12H16FN3O2. The van der Waals surface area contributed by atoms with E-state index in [4.69, 9.17) is 10.5 Å². The Labute approximate surface area is 105 Å². The number of rotatable bonds is 5. The maximum atomic E-state index is 13.3. The van der Waals surface area contributed by atoms with Crippen molar-refractivity contribution < 1.29 is 13.9 Å². The fraction of sp³-hybridized carbons (Fsp3) is 0.333. The number of carbonyl (C=O) groups excluding carboxylic acids is 1. The first-order valence-corrected chi connectivity index (χ1v) is 5.55. The molecule has 0 aliphatic rings. The van der Waals surface area contributed by atoms with Crippen LogP contribution in [0.4, 0.5) is 9.18 Å². The van der Waals surface area contributed by atoms with Crippen LogP contribution in [0.25, 0.3) is 0 Å². The van der Waals surface area contributed by atoms with Crippen LogP contribution >= 0.6 is 0 Å². The van der Waals surface area contributed by atoms with E-state index in [-0.39, 0.29) is 5.69 Å². The molecule has 0 aliphatic heterocycles. The first-order chi connectivity index (χ1) is 8.65. The van der Waals surface area contributed by atoms with Crippen LogP contribution in [0, 0.1) is 5.82 Å². The average Bonchev–Trinajstić information content (AvgIpc) is 2.35. The van der Waals surface area contributed by atoms with Crippen LogP contribution in [0.2, 0.25) is 0 Å². The number of aromatic nitrogens is 1. The molecule has 1 heterocycles. The van der Waals surface area contributed by atoms with Crippen LogP contribution in [0.5, 0.6) is 0 Å². The van der Waals surface area contributed by atoms with Crippen molar-refractivity contribution in [2.75, 3.05) is 13.1 Å². The van der Waals surface area contributed by atoms with Crippen molar-refractivity contribution in [1.82, 2.24) is 10.3 Å². The molecule has 0 radical (unpaired) electrons. The van der Waals surface area contributed by atoms with E-state index in [1.165, 1.54) is 18.3 Å². The number of nitrogens with zero attached hydrogens (tertiary/aromatic N) is 1. The fourth-order valence-electron chi connectivity index (χ4n) is 1.28. The highest BCUT2D eigenvalue weighted by Crippen LogP contribution is 2.16. The van der Waals surface area contributed by atoms with Gasteiger partial charge in [-0.25, -0.2) is 9.18 Å². The number of nitrogens with two attached hydrogens (primary N) is 1. The van der Waals surface area contributed by atoms with Crippen molar-refractivity contribution in [1.29, 1.82) is 0 Å². The topological polar surface area (TPSA) is 77.2 Å². The summed E-state index contributed by atoms with van der Waals surface area (Å²) in [5.74, 6) is -0.499. The first-order valence-electron chi connectivity index (χ1n) is 5.55. The summed E-state index contributed by atoms with van der Waals surface area (Å²) in [5.41, 5.74) is 5.34. The van der Waals surface area contributed by atoms with E-state index < -0.39 is 18.0 Å². The van der Waals surface area contributed by atoms with E-state index in [0.717, 1.165) is 0 Å². The van der Waals surface area contributed by atoms with Gasteiger partial charge in [0.05, 0.1) is 0 Å². The third-order valence-corrected chi connectivity index (χ3v) is 2.12. The number of pyridine rings is 1. The molecule has 0 saturated carbocycles. The van der Waals surface area contributed by atoms with Crippen molar-refractivity contribution in [2.24, 2.45) is 5.73 Å². The summed E-state index contributed by atoms with van der Waals surface area (Å²) in [7, 11) is 0. The van der Waals surface area contributed by atoms with Crippen molar-refractivity contribution in [2.45, 2.75) is 13.0 Å². The largest absolute Gasteiger partial charge is 0.440 e. The van der Waals surface area contributed by atoms with Crippen LogP contribution in [0.3, 0.4) is 0 Å². The number of hydrogen-bond acceptors (Lipinski definition) is 4. The zero-order chi connectivity index (χ0) is 13.4. The Balaban J connectivity index is 2.45. The molecule has 18 heavy (non-hydrogen) atoms. The smallest absolute Gasteiger partial charge is 0.408 e. The van der Waals surface area contributed by atoms with Gasteiger partial charge < -0.3 is 15.8 Å². The Morgan fingerprint density at radius 3 is 3.11 bits per heavy atom. The molecule has 0 aromatic carbocycles. The summed E-state index contributed by atoms with van der Waals surface area (Å²) in [6.07, 6.45) is 3.48. The molecule has 6 heteroatoms. The quantitative estimate of drug-likeness (QED) is 0.780. The van der Waals surface area contributed by atoms with Gasteiger partial charge in [-0.15, -0.1) is 0 Å². The first kappa shape index (κ1) is 14.1. The second-order valence-electron chi connectivity index (χ2n) is 3.51. The molecule has 1 aromatic heterocycles. The number of amides is 1. The van der Waals surface area contributed by atoms with Gasteiger partial charge in [0.1, 0.15) is 17.6 Å². The Kier molecular flexibility index (Phi) is 5.79. The van der Waals surface area contributed by atoms with Crippen LogP contribution in [0.1, 0.15) is 18.7 Å². The molecule has 1 amide bonds. The number of carbonyl (C=O) groups is 1. The van der Waals surface area contributed by atoms with Crippen LogP contribution in [0.15, 0.2) is 30.5 Å². The zero-order valence-corrected chi connectivity index (χ0v) is 10.1. The van der Waals surface area contributed by atoms with E-state index in [2.05, 4.69) is 10.3 Å². The molecule has 98 valence electrons. The normalized spacial score (nSPS) is 12.4. The maximum Gasteiger partial charge on any atom is 0.408 e. The van der Waals surface area contributed by atoms with Gasteiger partial charge in [-0.3, -0.25) is 4.98 Å². The number of halogens is 1. The molecule has 0 bridgehead atoms. The minimum absolute atomic E-state index is 0.102. The van der Waals surface area contributed by atoms with Gasteiger partial charge in [-0.1, -0.05) is 12.2 Å². The summed E-state index contributed by atoms with van der Waals surface area (Å²) in [5, 5.41) is 2.48. The standard InChI is InChI=1S/C12H16FN3O2/c1-9(11-10(13)5-4-8-15-11)18-12(17)16-7-3-2-6-14/h2-5,8-9H,6-7,14H2,1H3,(H,16,17)/b3-2+/t9-/m1/s1. The monoisotopic (exact) mass is 253 g/mol. The molecular weight excluding hydrogens is 237 g/mol. The highest BCUT2D eigenvalue weighted by Gasteiger charge is 2.15. The minimum Gasteiger partial charge on any atom is -0.440 e. The fourth-order valence-corrected chi connectivity index (χ4v) is 1.28. The lowest BCUT2D eigenvalue weighted by atomic mass is 10.2. The average molecular weight is 253 g/mol. The molecule has 0 aliphatic carbocycles. The Hall–Kier alpha value is -1.95. The van der Waals surface area contributed by atoms with Crippen LogP contribution < -0.4 is 11.1 Å². The van der Waals surface area contributed by atoms with Gasteiger partial charge in [0.15, 0.2) is 0 Å². The zero-order valence-electron chi connectivity index (χ0n) is 10.1. The van der Waals surface area contributed by atoms with Gasteiger partial charge in [0.25, 0.3) is 0 Å². The lowest BCUT2D eigenvalue weighted by molar-refractivity contribution is 0.104. The number of alkyl carbamates (subject to hydrolysis) is 1. The Morgan fingerprint density at radius 1 is 1.67 bits per heavy atom. The van der Waals surface area contributed by atoms with Crippen LogP contribution in [-0.4, -0.2) is 24.2 Å². The van der Waals surface area contributed by atoms with Crippen molar-refractivity contribution in [3.05, 3.63) is 42.0 Å². The Morgan fingerprint density at radius 2 is 2.44 bits per heavy atom. The maximum absolute atomic E-state index is 13.3. The van der Waals surface area contributed by atoms with Gasteiger partial charge in [-0.2, -0.15) is 0 Å². The summed E-state index contributed by atoms with van der Waals surface area (Å²) >= 11 is 0. The van der Waals surface area contributed by atoms with Crippen LogP contribution in [-0.2, 0) is 4.74 Å². The number of ether oxygens (including phenoxy) is 1. The lowest BCUT2D eigenvalue weighted by Crippen LogP contribution is -2.26. The molecule has 0 saturated heterocycles. The molecule has 0 spiro atoms. The minimum atomic E-state index is -0.746. The molecule has 1 aromatic rings. The molecule has 3 N–H and O–H groups in total. The predicted molar refractivity (Wildman–Crippen MR) is 65.3 cm³/mol. The number of nitrogens with one attached hydrogen (secondary N) is 1. The summed E-state index contributed by atoms with van der Waals surface area (Å²) in [6.45, 7) is 2.28. The van der Waals surface area contributed by atoms with Gasteiger partial charge >= 0.3 is 6.09 Å². The highest BCUT2D eigenvalue weighted by atomic mass is 19.1. The number of hydrogen-bond donors (Lipinski definition) is 2. The second-order valence-corrected chi connectivity index (χ2v) is 3.51. The van der Waals surface area contributed by atoms with E-state index in [0.29, 0.717) is 13.1 Å². The van der Waals surface area contributed by atoms with E-state index in [1.807, 2.05) is 0 Å². The molecule has 5 nitrogen and oxygen atoms in total. The Bertz CT molecular complexity index is 424. The van der Waals surface area contributed by atoms with E-state index in [1.54, 1.807) is 19.1 Å². The molecule has 0 unspecified atom stereocenters. The predicted octanol–water partition coefficient (Wildman–Crippen LogP) is 1.52. The van der Waals surface area contributed by atoms with E-state index >= 15 is 0 Å².